The lowest BCUT2D eigenvalue weighted by Gasteiger charge is -2.13. The highest BCUT2D eigenvalue weighted by molar-refractivity contribution is 6.42. The van der Waals surface area contributed by atoms with E-state index in [4.69, 9.17) is 23.2 Å². The zero-order valence-corrected chi connectivity index (χ0v) is 12.0. The number of anilines is 1. The van der Waals surface area contributed by atoms with Crippen LogP contribution in [-0.4, -0.2) is 26.0 Å². The van der Waals surface area contributed by atoms with Gasteiger partial charge in [-0.3, -0.25) is 4.79 Å². The molecule has 0 saturated heterocycles. The van der Waals surface area contributed by atoms with E-state index in [1.54, 1.807) is 18.2 Å². The van der Waals surface area contributed by atoms with Gasteiger partial charge in [-0.05, 0) is 30.7 Å². The van der Waals surface area contributed by atoms with Gasteiger partial charge in [-0.2, -0.15) is 0 Å². The molecule has 5 heteroatoms. The molecular formula is C13H17Cl2N2O+. The third kappa shape index (κ3) is 5.08. The van der Waals surface area contributed by atoms with Crippen LogP contribution in [0.3, 0.4) is 0 Å². The normalized spacial score (nSPS) is 12.0. The summed E-state index contributed by atoms with van der Waals surface area (Å²) in [7, 11) is 1.95. The van der Waals surface area contributed by atoms with Crippen molar-refractivity contribution in [2.75, 3.05) is 25.5 Å². The first-order valence-corrected chi connectivity index (χ1v) is 6.34. The van der Waals surface area contributed by atoms with E-state index in [0.29, 0.717) is 22.3 Å². The van der Waals surface area contributed by atoms with Gasteiger partial charge in [0.05, 0.1) is 23.6 Å². The summed E-state index contributed by atoms with van der Waals surface area (Å²) in [5.41, 5.74) is 1.70. The van der Waals surface area contributed by atoms with E-state index in [1.807, 2.05) is 14.0 Å². The minimum atomic E-state index is -0.0628. The van der Waals surface area contributed by atoms with Crippen molar-refractivity contribution in [1.82, 2.24) is 0 Å². The highest BCUT2D eigenvalue weighted by atomic mass is 35.5. The molecule has 0 aliphatic rings. The van der Waals surface area contributed by atoms with Crippen LogP contribution in [0.1, 0.15) is 6.92 Å². The maximum absolute atomic E-state index is 11.8. The lowest BCUT2D eigenvalue weighted by molar-refractivity contribution is -0.865. The fourth-order valence-corrected chi connectivity index (χ4v) is 1.93. The predicted octanol–water partition coefficient (Wildman–Crippen LogP) is 2.02. The van der Waals surface area contributed by atoms with Crippen LogP contribution in [-0.2, 0) is 4.79 Å². The van der Waals surface area contributed by atoms with E-state index in [9.17, 15) is 4.79 Å². The number of rotatable bonds is 5. The molecule has 0 heterocycles. The van der Waals surface area contributed by atoms with Gasteiger partial charge < -0.3 is 10.2 Å². The number of carbonyl (C=O) groups excluding carboxylic acids is 1. The van der Waals surface area contributed by atoms with Crippen LogP contribution in [0.4, 0.5) is 5.69 Å². The van der Waals surface area contributed by atoms with Crippen LogP contribution in [0.5, 0.6) is 0 Å². The SMILES string of the molecule is C=C(C)C[NH+](C)CC(=O)Nc1ccc(Cl)c(Cl)c1. The standard InChI is InChI=1S/C13H16Cl2N2O/c1-9(2)7-17(3)8-13(18)16-10-4-5-11(14)12(15)6-10/h4-6H,1,7-8H2,2-3H3,(H,16,18)/p+1. The van der Waals surface area contributed by atoms with Crippen LogP contribution in [0, 0.1) is 0 Å². The van der Waals surface area contributed by atoms with Crippen LogP contribution < -0.4 is 10.2 Å². The number of halogens is 2. The predicted molar refractivity (Wildman–Crippen MR) is 76.5 cm³/mol. The van der Waals surface area contributed by atoms with Crippen molar-refractivity contribution in [1.29, 1.82) is 0 Å². The molecule has 0 aliphatic heterocycles. The van der Waals surface area contributed by atoms with E-state index in [2.05, 4.69) is 11.9 Å². The molecule has 0 aliphatic carbocycles. The van der Waals surface area contributed by atoms with E-state index < -0.39 is 0 Å². The number of hydrogen-bond acceptors (Lipinski definition) is 1. The van der Waals surface area contributed by atoms with Gasteiger partial charge in [-0.1, -0.05) is 29.8 Å². The maximum Gasteiger partial charge on any atom is 0.279 e. The van der Waals surface area contributed by atoms with Crippen molar-refractivity contribution < 1.29 is 9.69 Å². The minimum Gasteiger partial charge on any atom is -0.326 e. The molecule has 2 N–H and O–H groups in total. The quantitative estimate of drug-likeness (QED) is 0.799. The number of amides is 1. The Labute approximate surface area is 117 Å². The Morgan fingerprint density at radius 3 is 2.56 bits per heavy atom. The molecule has 1 unspecified atom stereocenters. The Hall–Kier alpha value is -1.03. The zero-order valence-electron chi connectivity index (χ0n) is 10.5. The summed E-state index contributed by atoms with van der Waals surface area (Å²) in [5, 5.41) is 3.68. The molecule has 98 valence electrons. The molecule has 0 radical (unpaired) electrons. The zero-order chi connectivity index (χ0) is 13.7. The van der Waals surface area contributed by atoms with Crippen LogP contribution >= 0.6 is 23.2 Å². The monoisotopic (exact) mass is 287 g/mol. The molecule has 1 aromatic carbocycles. The molecule has 0 bridgehead atoms. The van der Waals surface area contributed by atoms with Crippen LogP contribution in [0.25, 0.3) is 0 Å². The topological polar surface area (TPSA) is 33.5 Å². The summed E-state index contributed by atoms with van der Waals surface area (Å²) in [4.78, 5) is 12.8. The van der Waals surface area contributed by atoms with Crippen LogP contribution in [0.15, 0.2) is 30.4 Å². The Morgan fingerprint density at radius 2 is 2.00 bits per heavy atom. The highest BCUT2D eigenvalue weighted by Gasteiger charge is 2.10. The molecule has 1 amide bonds. The molecule has 0 fully saturated rings. The van der Waals surface area contributed by atoms with Gasteiger partial charge in [-0.15, -0.1) is 0 Å². The van der Waals surface area contributed by atoms with Gasteiger partial charge in [0.15, 0.2) is 6.54 Å². The second-order valence-electron chi connectivity index (χ2n) is 4.44. The van der Waals surface area contributed by atoms with Crippen LogP contribution in [0.2, 0.25) is 10.0 Å². The largest absolute Gasteiger partial charge is 0.326 e. The Kier molecular flexibility index (Phi) is 5.66. The van der Waals surface area contributed by atoms with Crippen molar-refractivity contribution in [3.8, 4) is 0 Å². The number of benzene rings is 1. The van der Waals surface area contributed by atoms with Gasteiger partial charge in [-0.25, -0.2) is 0 Å². The summed E-state index contributed by atoms with van der Waals surface area (Å²) < 4.78 is 0. The molecule has 1 aromatic rings. The average Bonchev–Trinajstić information content (AvgIpc) is 2.21. The smallest absolute Gasteiger partial charge is 0.279 e. The van der Waals surface area contributed by atoms with E-state index in [0.717, 1.165) is 17.0 Å². The van der Waals surface area contributed by atoms with Crippen molar-refractivity contribution in [2.45, 2.75) is 6.92 Å². The summed E-state index contributed by atoms with van der Waals surface area (Å²) in [5.74, 6) is -0.0628. The fourth-order valence-electron chi connectivity index (χ4n) is 1.63. The number of hydrogen-bond donors (Lipinski definition) is 2. The van der Waals surface area contributed by atoms with Crippen molar-refractivity contribution in [3.63, 3.8) is 0 Å². The Morgan fingerprint density at radius 1 is 1.33 bits per heavy atom. The lowest BCUT2D eigenvalue weighted by Crippen LogP contribution is -3.10. The molecule has 1 atom stereocenters. The van der Waals surface area contributed by atoms with Gasteiger partial charge >= 0.3 is 0 Å². The lowest BCUT2D eigenvalue weighted by atomic mass is 10.3. The summed E-state index contributed by atoms with van der Waals surface area (Å²) >= 11 is 11.7. The highest BCUT2D eigenvalue weighted by Crippen LogP contribution is 2.24. The second kappa shape index (κ2) is 6.78. The van der Waals surface area contributed by atoms with E-state index in [-0.39, 0.29) is 5.91 Å². The minimum absolute atomic E-state index is 0.0628. The average molecular weight is 288 g/mol. The first-order valence-electron chi connectivity index (χ1n) is 5.59. The third-order valence-corrected chi connectivity index (χ3v) is 3.01. The van der Waals surface area contributed by atoms with E-state index >= 15 is 0 Å². The molecule has 0 aromatic heterocycles. The molecular weight excluding hydrogens is 271 g/mol. The molecule has 0 saturated carbocycles. The first-order chi connectivity index (χ1) is 8.38. The van der Waals surface area contributed by atoms with Gasteiger partial charge in [0.2, 0.25) is 0 Å². The molecule has 1 rings (SSSR count). The van der Waals surface area contributed by atoms with Crippen molar-refractivity contribution >= 4 is 34.8 Å². The molecule has 18 heavy (non-hydrogen) atoms. The number of quaternary nitrogens is 1. The number of likely N-dealkylation sites (N-methyl/N-ethyl adjacent to an activating group) is 1. The third-order valence-electron chi connectivity index (χ3n) is 2.27. The van der Waals surface area contributed by atoms with Gasteiger partial charge in [0, 0.05) is 5.69 Å². The Bertz CT molecular complexity index is 460. The maximum atomic E-state index is 11.8. The van der Waals surface area contributed by atoms with E-state index in [1.165, 1.54) is 0 Å². The summed E-state index contributed by atoms with van der Waals surface area (Å²) in [6.45, 7) is 6.92. The summed E-state index contributed by atoms with van der Waals surface area (Å²) in [6.07, 6.45) is 0. The first kappa shape index (κ1) is 15.0. The van der Waals surface area contributed by atoms with Crippen molar-refractivity contribution in [2.24, 2.45) is 0 Å². The van der Waals surface area contributed by atoms with Gasteiger partial charge in [0.25, 0.3) is 5.91 Å². The fraction of sp³-hybridized carbons (Fsp3) is 0.308. The molecule has 3 nitrogen and oxygen atoms in total. The van der Waals surface area contributed by atoms with Crippen molar-refractivity contribution in [3.05, 3.63) is 40.4 Å². The summed E-state index contributed by atoms with van der Waals surface area (Å²) in [6, 6.07) is 5.01. The number of carbonyl (C=O) groups is 1. The number of nitrogens with one attached hydrogen (secondary N) is 2. The van der Waals surface area contributed by atoms with Gasteiger partial charge in [0.1, 0.15) is 0 Å². The Balaban J connectivity index is 2.54. The molecule has 0 spiro atoms. The second-order valence-corrected chi connectivity index (χ2v) is 5.26.